The average Bonchev–Trinajstić information content (AvgIpc) is 2.54. The summed E-state index contributed by atoms with van der Waals surface area (Å²) >= 11 is 1.35. The Labute approximate surface area is 100 Å². The normalized spacial score (nSPS) is 12.5. The number of hydrogen-bond acceptors (Lipinski definition) is 4. The average molecular weight is 242 g/mol. The van der Waals surface area contributed by atoms with E-state index < -0.39 is 0 Å². The van der Waals surface area contributed by atoms with E-state index in [1.807, 2.05) is 27.7 Å². The largest absolute Gasteiger partial charge is 0.437 e. The molecule has 90 valence electrons. The molecular formula is C11H18N2O2S. The molecule has 0 spiro atoms. The van der Waals surface area contributed by atoms with E-state index in [9.17, 15) is 4.79 Å². The monoisotopic (exact) mass is 242 g/mol. The minimum atomic E-state index is -0.177. The number of nitrogens with one attached hydrogen (secondary N) is 1. The second-order valence-electron chi connectivity index (χ2n) is 3.67. The van der Waals surface area contributed by atoms with Crippen LogP contribution in [-0.4, -0.2) is 22.7 Å². The third-order valence-electron chi connectivity index (χ3n) is 2.20. The topological polar surface area (TPSA) is 55.1 Å². The van der Waals surface area contributed by atoms with Gasteiger partial charge >= 0.3 is 0 Å². The highest BCUT2D eigenvalue weighted by atomic mass is 32.2. The fourth-order valence-corrected chi connectivity index (χ4v) is 1.95. The zero-order chi connectivity index (χ0) is 12.1. The molecule has 1 aromatic heterocycles. The molecular weight excluding hydrogens is 224 g/mol. The number of hydrogen-bond donors (Lipinski definition) is 1. The molecule has 16 heavy (non-hydrogen) atoms. The molecule has 1 atom stereocenters. The van der Waals surface area contributed by atoms with E-state index in [2.05, 4.69) is 10.3 Å². The van der Waals surface area contributed by atoms with Gasteiger partial charge in [-0.15, -0.1) is 0 Å². The number of nitrogens with zero attached hydrogens (tertiary/aromatic N) is 1. The number of carbonyl (C=O) groups is 1. The molecule has 0 saturated carbocycles. The van der Waals surface area contributed by atoms with Crippen molar-refractivity contribution in [3.8, 4) is 0 Å². The van der Waals surface area contributed by atoms with Crippen LogP contribution in [0.15, 0.2) is 9.64 Å². The van der Waals surface area contributed by atoms with Gasteiger partial charge < -0.3 is 9.73 Å². The number of aromatic nitrogens is 1. The Morgan fingerprint density at radius 1 is 1.56 bits per heavy atom. The second kappa shape index (κ2) is 5.94. The van der Waals surface area contributed by atoms with Gasteiger partial charge in [-0.3, -0.25) is 4.79 Å². The van der Waals surface area contributed by atoms with Crippen molar-refractivity contribution < 1.29 is 9.21 Å². The van der Waals surface area contributed by atoms with Crippen molar-refractivity contribution in [1.82, 2.24) is 10.3 Å². The van der Waals surface area contributed by atoms with E-state index in [-0.39, 0.29) is 11.2 Å². The van der Waals surface area contributed by atoms with E-state index in [1.54, 1.807) is 0 Å². The molecule has 0 bridgehead atoms. The van der Waals surface area contributed by atoms with Crippen LogP contribution in [0.4, 0.5) is 0 Å². The molecule has 1 heterocycles. The van der Waals surface area contributed by atoms with Crippen molar-refractivity contribution in [3.63, 3.8) is 0 Å². The van der Waals surface area contributed by atoms with E-state index in [0.717, 1.165) is 17.9 Å². The molecule has 0 aliphatic carbocycles. The molecule has 0 aliphatic rings. The van der Waals surface area contributed by atoms with Gasteiger partial charge in [0.25, 0.3) is 5.22 Å². The van der Waals surface area contributed by atoms with Crippen molar-refractivity contribution in [1.29, 1.82) is 0 Å². The Kier molecular flexibility index (Phi) is 4.86. The summed E-state index contributed by atoms with van der Waals surface area (Å²) in [6.45, 7) is 8.36. The van der Waals surface area contributed by atoms with Gasteiger partial charge in [0.1, 0.15) is 5.76 Å². The third-order valence-corrected chi connectivity index (χ3v) is 3.15. The quantitative estimate of drug-likeness (QED) is 0.805. The Bertz CT molecular complexity index is 343. The first-order valence-corrected chi connectivity index (χ1v) is 6.31. The number of amides is 1. The van der Waals surface area contributed by atoms with Crippen molar-refractivity contribution in [2.75, 3.05) is 6.54 Å². The predicted octanol–water partition coefficient (Wildman–Crippen LogP) is 2.30. The van der Waals surface area contributed by atoms with Crippen LogP contribution in [0.1, 0.15) is 31.7 Å². The number of carbonyl (C=O) groups excluding carboxylic acids is 1. The molecule has 4 nitrogen and oxygen atoms in total. The molecule has 1 unspecified atom stereocenters. The molecule has 5 heteroatoms. The van der Waals surface area contributed by atoms with Gasteiger partial charge in [-0.2, -0.15) is 0 Å². The number of thioether (sulfide) groups is 1. The first-order chi connectivity index (χ1) is 7.54. The van der Waals surface area contributed by atoms with Crippen LogP contribution in [0.5, 0.6) is 0 Å². The lowest BCUT2D eigenvalue weighted by atomic mass is 10.4. The third kappa shape index (κ3) is 3.56. The predicted molar refractivity (Wildman–Crippen MR) is 64.6 cm³/mol. The Balaban J connectivity index is 2.50. The number of oxazole rings is 1. The van der Waals surface area contributed by atoms with E-state index in [4.69, 9.17) is 4.42 Å². The smallest absolute Gasteiger partial charge is 0.256 e. The van der Waals surface area contributed by atoms with Crippen LogP contribution in [0, 0.1) is 13.8 Å². The maximum atomic E-state index is 11.6. The molecule has 1 N–H and O–H groups in total. The van der Waals surface area contributed by atoms with Gasteiger partial charge in [0.15, 0.2) is 0 Å². The van der Waals surface area contributed by atoms with Crippen LogP contribution in [0.2, 0.25) is 0 Å². The van der Waals surface area contributed by atoms with Gasteiger partial charge in [0, 0.05) is 6.54 Å². The lowest BCUT2D eigenvalue weighted by Gasteiger charge is -2.08. The maximum Gasteiger partial charge on any atom is 0.256 e. The molecule has 0 aromatic carbocycles. The van der Waals surface area contributed by atoms with Crippen molar-refractivity contribution in [2.24, 2.45) is 0 Å². The molecule has 1 rings (SSSR count). The summed E-state index contributed by atoms with van der Waals surface area (Å²) in [5.41, 5.74) is 0.878. The van der Waals surface area contributed by atoms with Crippen molar-refractivity contribution in [3.05, 3.63) is 11.5 Å². The Morgan fingerprint density at radius 3 is 2.75 bits per heavy atom. The summed E-state index contributed by atoms with van der Waals surface area (Å²) in [5.74, 6) is 0.837. The van der Waals surface area contributed by atoms with Crippen LogP contribution in [-0.2, 0) is 4.79 Å². The van der Waals surface area contributed by atoms with Gasteiger partial charge in [-0.1, -0.05) is 18.7 Å². The van der Waals surface area contributed by atoms with Crippen LogP contribution in [0.25, 0.3) is 0 Å². The number of rotatable bonds is 5. The minimum Gasteiger partial charge on any atom is -0.437 e. The summed E-state index contributed by atoms with van der Waals surface area (Å²) in [7, 11) is 0. The second-order valence-corrected chi connectivity index (χ2v) is 4.96. The van der Waals surface area contributed by atoms with Crippen LogP contribution >= 0.6 is 11.8 Å². The van der Waals surface area contributed by atoms with Crippen molar-refractivity contribution in [2.45, 2.75) is 44.6 Å². The Morgan fingerprint density at radius 2 is 2.25 bits per heavy atom. The highest BCUT2D eigenvalue weighted by Crippen LogP contribution is 2.24. The zero-order valence-corrected chi connectivity index (χ0v) is 11.0. The molecule has 1 amide bonds. The summed E-state index contributed by atoms with van der Waals surface area (Å²) in [6, 6.07) is 0. The number of aryl methyl sites for hydroxylation is 2. The highest BCUT2D eigenvalue weighted by molar-refractivity contribution is 8.00. The fraction of sp³-hybridized carbons (Fsp3) is 0.636. The summed E-state index contributed by atoms with van der Waals surface area (Å²) < 4.78 is 5.41. The first kappa shape index (κ1) is 13.1. The maximum absolute atomic E-state index is 11.6. The van der Waals surface area contributed by atoms with Crippen LogP contribution < -0.4 is 5.32 Å². The highest BCUT2D eigenvalue weighted by Gasteiger charge is 2.17. The van der Waals surface area contributed by atoms with Gasteiger partial charge in [-0.05, 0) is 27.2 Å². The zero-order valence-electron chi connectivity index (χ0n) is 10.2. The summed E-state index contributed by atoms with van der Waals surface area (Å²) in [6.07, 6.45) is 0.945. The van der Waals surface area contributed by atoms with Crippen molar-refractivity contribution >= 4 is 17.7 Å². The Hall–Kier alpha value is -0.970. The van der Waals surface area contributed by atoms with Gasteiger partial charge in [0.05, 0.1) is 10.9 Å². The molecule has 1 aromatic rings. The van der Waals surface area contributed by atoms with Crippen LogP contribution in [0.3, 0.4) is 0 Å². The minimum absolute atomic E-state index is 0.0281. The van der Waals surface area contributed by atoms with E-state index in [0.29, 0.717) is 11.8 Å². The summed E-state index contributed by atoms with van der Waals surface area (Å²) in [4.78, 5) is 15.8. The van der Waals surface area contributed by atoms with E-state index >= 15 is 0 Å². The molecule has 0 aliphatic heterocycles. The van der Waals surface area contributed by atoms with E-state index in [1.165, 1.54) is 11.8 Å². The standard InChI is InChI=1S/C11H18N2O2S/c1-5-6-12-10(14)9(4)16-11-13-7(2)8(3)15-11/h9H,5-6H2,1-4H3,(H,12,14). The van der Waals surface area contributed by atoms with Gasteiger partial charge in [-0.25, -0.2) is 4.98 Å². The summed E-state index contributed by atoms with van der Waals surface area (Å²) in [5, 5.41) is 3.23. The lowest BCUT2D eigenvalue weighted by molar-refractivity contribution is -0.120. The lowest BCUT2D eigenvalue weighted by Crippen LogP contribution is -2.31. The molecule has 0 saturated heterocycles. The molecule has 0 radical (unpaired) electrons. The fourth-order valence-electron chi connectivity index (χ4n) is 1.09. The van der Waals surface area contributed by atoms with Gasteiger partial charge in [0.2, 0.25) is 5.91 Å². The SMILES string of the molecule is CCCNC(=O)C(C)Sc1nc(C)c(C)o1. The molecule has 0 fully saturated rings. The first-order valence-electron chi connectivity index (χ1n) is 5.43.